The molecule has 1 fully saturated rings. The second-order valence-corrected chi connectivity index (χ2v) is 6.58. The third kappa shape index (κ3) is 4.50. The summed E-state index contributed by atoms with van der Waals surface area (Å²) in [6.07, 6.45) is 8.37. The number of amides is 2. The van der Waals surface area contributed by atoms with Crippen molar-refractivity contribution < 1.29 is 9.59 Å². The van der Waals surface area contributed by atoms with Gasteiger partial charge in [-0.2, -0.15) is 5.10 Å². The lowest BCUT2D eigenvalue weighted by Gasteiger charge is -2.05. The first-order valence-corrected chi connectivity index (χ1v) is 9.02. The number of hydrogen-bond acceptors (Lipinski definition) is 4. The molecule has 0 saturated heterocycles. The second kappa shape index (κ2) is 7.87. The number of benzene rings is 2. The number of aromatic nitrogens is 3. The van der Waals surface area contributed by atoms with Crippen molar-refractivity contribution in [3.05, 3.63) is 78.4 Å². The van der Waals surface area contributed by atoms with Crippen molar-refractivity contribution >= 4 is 23.6 Å². The molecule has 0 radical (unpaired) electrons. The Balaban J connectivity index is 1.32. The molecule has 2 aromatic carbocycles. The SMILES string of the molecule is O=C(/C=C/c1ccc(C(=O)NC2CC2)cc1)Nc1ccc(-n2cncn2)cc1. The van der Waals surface area contributed by atoms with Crippen LogP contribution in [0.4, 0.5) is 5.69 Å². The fourth-order valence-corrected chi connectivity index (χ4v) is 2.64. The molecule has 1 heterocycles. The second-order valence-electron chi connectivity index (χ2n) is 6.58. The van der Waals surface area contributed by atoms with Crippen molar-refractivity contribution in [1.29, 1.82) is 0 Å². The summed E-state index contributed by atoms with van der Waals surface area (Å²) in [5.74, 6) is -0.283. The van der Waals surface area contributed by atoms with Crippen molar-refractivity contribution in [3.63, 3.8) is 0 Å². The molecular weight excluding hydrogens is 354 g/mol. The largest absolute Gasteiger partial charge is 0.349 e. The van der Waals surface area contributed by atoms with Gasteiger partial charge in [-0.15, -0.1) is 0 Å². The van der Waals surface area contributed by atoms with E-state index in [1.807, 2.05) is 24.3 Å². The molecule has 1 saturated carbocycles. The molecular formula is C21H19N5O2. The number of hydrogen-bond donors (Lipinski definition) is 2. The van der Waals surface area contributed by atoms with Crippen LogP contribution in [-0.4, -0.2) is 32.6 Å². The summed E-state index contributed by atoms with van der Waals surface area (Å²) in [5.41, 5.74) is 3.02. The van der Waals surface area contributed by atoms with Crippen LogP contribution < -0.4 is 10.6 Å². The average molecular weight is 373 g/mol. The molecule has 1 aromatic heterocycles. The first kappa shape index (κ1) is 17.7. The maximum Gasteiger partial charge on any atom is 0.251 e. The van der Waals surface area contributed by atoms with E-state index in [0.29, 0.717) is 17.3 Å². The van der Waals surface area contributed by atoms with Crippen molar-refractivity contribution in [2.45, 2.75) is 18.9 Å². The standard InChI is InChI=1S/C21H19N5O2/c27-20(24-17-8-10-19(11-9-17)26-14-22-13-23-26)12-3-15-1-4-16(5-2-15)21(28)25-18-6-7-18/h1-5,8-14,18H,6-7H2,(H,24,27)(H,25,28)/b12-3+. The van der Waals surface area contributed by atoms with E-state index in [0.717, 1.165) is 24.1 Å². The average Bonchev–Trinajstić information content (AvgIpc) is 3.36. The Labute approximate surface area is 162 Å². The molecule has 3 aromatic rings. The lowest BCUT2D eigenvalue weighted by Crippen LogP contribution is -2.25. The van der Waals surface area contributed by atoms with Crippen LogP contribution in [0.5, 0.6) is 0 Å². The Morgan fingerprint density at radius 3 is 2.43 bits per heavy atom. The van der Waals surface area contributed by atoms with Gasteiger partial charge in [-0.1, -0.05) is 12.1 Å². The minimum absolute atomic E-state index is 0.0508. The number of nitrogens with zero attached hydrogens (tertiary/aromatic N) is 3. The smallest absolute Gasteiger partial charge is 0.251 e. The normalized spacial score (nSPS) is 13.4. The van der Waals surface area contributed by atoms with Gasteiger partial charge in [0.2, 0.25) is 5.91 Å². The van der Waals surface area contributed by atoms with Crippen LogP contribution in [-0.2, 0) is 4.79 Å². The molecule has 0 spiro atoms. The van der Waals surface area contributed by atoms with Gasteiger partial charge in [-0.3, -0.25) is 9.59 Å². The molecule has 1 aliphatic rings. The molecule has 4 rings (SSSR count). The first-order chi connectivity index (χ1) is 13.7. The predicted octanol–water partition coefficient (Wildman–Crippen LogP) is 2.81. The van der Waals surface area contributed by atoms with Gasteiger partial charge in [0.1, 0.15) is 12.7 Å². The Bertz CT molecular complexity index is 988. The minimum atomic E-state index is -0.232. The van der Waals surface area contributed by atoms with Gasteiger partial charge in [0.15, 0.2) is 0 Å². The summed E-state index contributed by atoms with van der Waals surface area (Å²) in [5, 5.41) is 9.81. The summed E-state index contributed by atoms with van der Waals surface area (Å²) in [7, 11) is 0. The molecule has 140 valence electrons. The highest BCUT2D eigenvalue weighted by Gasteiger charge is 2.23. The quantitative estimate of drug-likeness (QED) is 0.650. The zero-order valence-electron chi connectivity index (χ0n) is 15.1. The Morgan fingerprint density at radius 2 is 1.79 bits per heavy atom. The molecule has 0 bridgehead atoms. The fraction of sp³-hybridized carbons (Fsp3) is 0.143. The predicted molar refractivity (Wildman–Crippen MR) is 106 cm³/mol. The van der Waals surface area contributed by atoms with E-state index in [1.54, 1.807) is 41.4 Å². The molecule has 0 aliphatic heterocycles. The van der Waals surface area contributed by atoms with Crippen molar-refractivity contribution in [2.24, 2.45) is 0 Å². The van der Waals surface area contributed by atoms with E-state index in [9.17, 15) is 9.59 Å². The summed E-state index contributed by atoms with van der Waals surface area (Å²) in [6, 6.07) is 14.8. The van der Waals surface area contributed by atoms with E-state index in [-0.39, 0.29) is 11.8 Å². The summed E-state index contributed by atoms with van der Waals surface area (Å²) in [4.78, 5) is 28.0. The Kier molecular flexibility index (Phi) is 4.97. The van der Waals surface area contributed by atoms with Gasteiger partial charge in [0.25, 0.3) is 5.91 Å². The number of rotatable bonds is 6. The van der Waals surface area contributed by atoms with E-state index in [2.05, 4.69) is 20.7 Å². The van der Waals surface area contributed by atoms with Gasteiger partial charge < -0.3 is 10.6 Å². The van der Waals surface area contributed by atoms with Gasteiger partial charge in [-0.05, 0) is 60.9 Å². The fourth-order valence-electron chi connectivity index (χ4n) is 2.64. The van der Waals surface area contributed by atoms with Crippen LogP contribution in [0.1, 0.15) is 28.8 Å². The number of carbonyl (C=O) groups excluding carboxylic acids is 2. The monoisotopic (exact) mass is 373 g/mol. The van der Waals surface area contributed by atoms with Crippen LogP contribution in [0.2, 0.25) is 0 Å². The van der Waals surface area contributed by atoms with Crippen LogP contribution in [0, 0.1) is 0 Å². The molecule has 0 atom stereocenters. The Morgan fingerprint density at radius 1 is 1.04 bits per heavy atom. The van der Waals surface area contributed by atoms with E-state index < -0.39 is 0 Å². The van der Waals surface area contributed by atoms with Crippen LogP contribution >= 0.6 is 0 Å². The number of carbonyl (C=O) groups is 2. The van der Waals surface area contributed by atoms with Gasteiger partial charge in [0, 0.05) is 23.4 Å². The number of nitrogens with one attached hydrogen (secondary N) is 2. The number of anilines is 1. The van der Waals surface area contributed by atoms with Gasteiger partial charge >= 0.3 is 0 Å². The van der Waals surface area contributed by atoms with Crippen molar-refractivity contribution in [2.75, 3.05) is 5.32 Å². The maximum absolute atomic E-state index is 12.1. The van der Waals surface area contributed by atoms with Gasteiger partial charge in [0.05, 0.1) is 5.69 Å². The highest BCUT2D eigenvalue weighted by molar-refractivity contribution is 6.02. The van der Waals surface area contributed by atoms with Crippen LogP contribution in [0.25, 0.3) is 11.8 Å². The highest BCUT2D eigenvalue weighted by Crippen LogP contribution is 2.19. The highest BCUT2D eigenvalue weighted by atomic mass is 16.2. The lowest BCUT2D eigenvalue weighted by molar-refractivity contribution is -0.111. The van der Waals surface area contributed by atoms with E-state index in [4.69, 9.17) is 0 Å². The van der Waals surface area contributed by atoms with E-state index in [1.165, 1.54) is 12.4 Å². The molecule has 2 amide bonds. The zero-order chi connectivity index (χ0) is 19.3. The summed E-state index contributed by atoms with van der Waals surface area (Å²) >= 11 is 0. The van der Waals surface area contributed by atoms with Crippen molar-refractivity contribution in [1.82, 2.24) is 20.1 Å². The summed E-state index contributed by atoms with van der Waals surface area (Å²) in [6.45, 7) is 0. The molecule has 1 aliphatic carbocycles. The topological polar surface area (TPSA) is 88.9 Å². The third-order valence-electron chi connectivity index (χ3n) is 4.33. The van der Waals surface area contributed by atoms with Crippen molar-refractivity contribution in [3.8, 4) is 5.69 Å². The van der Waals surface area contributed by atoms with E-state index >= 15 is 0 Å². The Hall–Kier alpha value is -3.74. The lowest BCUT2D eigenvalue weighted by atomic mass is 10.1. The zero-order valence-corrected chi connectivity index (χ0v) is 15.1. The van der Waals surface area contributed by atoms with Crippen LogP contribution in [0.3, 0.4) is 0 Å². The minimum Gasteiger partial charge on any atom is -0.349 e. The van der Waals surface area contributed by atoms with Gasteiger partial charge in [-0.25, -0.2) is 9.67 Å². The van der Waals surface area contributed by atoms with Crippen LogP contribution in [0.15, 0.2) is 67.3 Å². The summed E-state index contributed by atoms with van der Waals surface area (Å²) < 4.78 is 1.64. The molecule has 7 nitrogen and oxygen atoms in total. The molecule has 2 N–H and O–H groups in total. The third-order valence-corrected chi connectivity index (χ3v) is 4.33. The molecule has 28 heavy (non-hydrogen) atoms. The maximum atomic E-state index is 12.1. The molecule has 0 unspecified atom stereocenters. The first-order valence-electron chi connectivity index (χ1n) is 9.02. The molecule has 7 heteroatoms.